The van der Waals surface area contributed by atoms with Gasteiger partial charge in [0, 0.05) is 6.20 Å². The van der Waals surface area contributed by atoms with E-state index in [2.05, 4.69) is 17.6 Å². The molecule has 70 valence electrons. The quantitative estimate of drug-likeness (QED) is 0.786. The van der Waals surface area contributed by atoms with Crippen molar-refractivity contribution >= 4 is 41.9 Å². The second kappa shape index (κ2) is 5.53. The van der Waals surface area contributed by atoms with Crippen molar-refractivity contribution < 1.29 is 0 Å². The second-order valence-electron chi connectivity index (χ2n) is 2.44. The van der Waals surface area contributed by atoms with Crippen LogP contribution >= 0.6 is 35.8 Å². The zero-order valence-electron chi connectivity index (χ0n) is 6.87. The second-order valence-corrected chi connectivity index (χ2v) is 3.73. The highest BCUT2D eigenvalue weighted by molar-refractivity contribution is 7.80. The van der Waals surface area contributed by atoms with Crippen LogP contribution < -0.4 is 0 Å². The number of halogens is 2. The zero-order valence-corrected chi connectivity index (χ0v) is 9.28. The van der Waals surface area contributed by atoms with Crippen LogP contribution in [0.1, 0.15) is 12.1 Å². The molecule has 0 fully saturated rings. The van der Waals surface area contributed by atoms with E-state index in [4.69, 9.17) is 23.2 Å². The molecule has 0 saturated heterocycles. The van der Waals surface area contributed by atoms with E-state index in [0.29, 0.717) is 10.0 Å². The highest BCUT2D eigenvalue weighted by Crippen LogP contribution is 2.19. The van der Waals surface area contributed by atoms with E-state index >= 15 is 0 Å². The lowest BCUT2D eigenvalue weighted by Crippen LogP contribution is -1.81. The molecule has 1 rings (SSSR count). The van der Waals surface area contributed by atoms with Crippen LogP contribution in [-0.4, -0.2) is 10.7 Å². The zero-order chi connectivity index (χ0) is 9.68. The monoisotopic (exact) mass is 233 g/mol. The molecule has 0 amide bonds. The van der Waals surface area contributed by atoms with Crippen LogP contribution in [0.3, 0.4) is 0 Å². The minimum Gasteiger partial charge on any atom is -0.254 e. The molecule has 0 aliphatic rings. The lowest BCUT2D eigenvalue weighted by molar-refractivity contribution is 1.24. The van der Waals surface area contributed by atoms with Gasteiger partial charge in [0.15, 0.2) is 0 Å². The molecule has 0 atom stereocenters. The number of thiol groups is 1. The first kappa shape index (κ1) is 10.9. The highest BCUT2D eigenvalue weighted by atomic mass is 35.5. The molecule has 0 unspecified atom stereocenters. The molecular weight excluding hydrogens is 225 g/mol. The van der Waals surface area contributed by atoms with Crippen molar-refractivity contribution in [2.45, 2.75) is 6.42 Å². The lowest BCUT2D eigenvalue weighted by Gasteiger charge is -1.96. The smallest absolute Gasteiger partial charge is 0.0813 e. The summed E-state index contributed by atoms with van der Waals surface area (Å²) < 4.78 is 0. The Morgan fingerprint density at radius 1 is 1.46 bits per heavy atom. The van der Waals surface area contributed by atoms with E-state index in [1.807, 2.05) is 12.2 Å². The largest absolute Gasteiger partial charge is 0.254 e. The van der Waals surface area contributed by atoms with Gasteiger partial charge in [-0.3, -0.25) is 4.98 Å². The van der Waals surface area contributed by atoms with Crippen LogP contribution in [0.4, 0.5) is 0 Å². The Bertz CT molecular complexity index is 312. The van der Waals surface area contributed by atoms with Gasteiger partial charge in [-0.2, -0.15) is 12.6 Å². The van der Waals surface area contributed by atoms with Gasteiger partial charge in [-0.1, -0.05) is 29.3 Å². The van der Waals surface area contributed by atoms with Gasteiger partial charge in [-0.25, -0.2) is 0 Å². The standard InChI is InChI=1S/C9H9Cl2NS/c10-7-5-8(11)9(12-6-7)3-1-2-4-13/h1,3,5-6,13H,2,4H2. The average Bonchev–Trinajstić information content (AvgIpc) is 2.09. The minimum absolute atomic E-state index is 0.552. The molecule has 0 bridgehead atoms. The summed E-state index contributed by atoms with van der Waals surface area (Å²) in [5, 5.41) is 1.12. The lowest BCUT2D eigenvalue weighted by atomic mass is 10.3. The van der Waals surface area contributed by atoms with E-state index in [9.17, 15) is 0 Å². The number of hydrogen-bond donors (Lipinski definition) is 1. The van der Waals surface area contributed by atoms with Gasteiger partial charge in [-0.15, -0.1) is 0 Å². The number of pyridine rings is 1. The van der Waals surface area contributed by atoms with Crippen molar-refractivity contribution in [3.8, 4) is 0 Å². The first-order valence-electron chi connectivity index (χ1n) is 3.82. The van der Waals surface area contributed by atoms with Crippen molar-refractivity contribution in [2.75, 3.05) is 5.75 Å². The van der Waals surface area contributed by atoms with Crippen molar-refractivity contribution in [3.05, 3.63) is 34.1 Å². The van der Waals surface area contributed by atoms with Crippen molar-refractivity contribution in [1.82, 2.24) is 4.98 Å². The molecule has 0 saturated carbocycles. The molecule has 1 aromatic rings. The topological polar surface area (TPSA) is 12.9 Å². The molecule has 4 heteroatoms. The third kappa shape index (κ3) is 3.59. The summed E-state index contributed by atoms with van der Waals surface area (Å²) in [6, 6.07) is 1.68. The molecule has 0 radical (unpaired) electrons. The fourth-order valence-electron chi connectivity index (χ4n) is 0.817. The molecule has 13 heavy (non-hydrogen) atoms. The third-order valence-corrected chi connectivity index (χ3v) is 2.18. The van der Waals surface area contributed by atoms with Gasteiger partial charge in [0.05, 0.1) is 15.7 Å². The maximum Gasteiger partial charge on any atom is 0.0813 e. The summed E-state index contributed by atoms with van der Waals surface area (Å²) in [5.41, 5.74) is 0.743. The predicted octanol–water partition coefficient (Wildman–Crippen LogP) is 3.72. The third-order valence-electron chi connectivity index (χ3n) is 1.41. The molecule has 1 nitrogen and oxygen atoms in total. The number of nitrogens with zero attached hydrogens (tertiary/aromatic N) is 1. The molecule has 0 spiro atoms. The van der Waals surface area contributed by atoms with Gasteiger partial charge in [0.25, 0.3) is 0 Å². The highest BCUT2D eigenvalue weighted by Gasteiger charge is 1.97. The van der Waals surface area contributed by atoms with E-state index in [0.717, 1.165) is 17.9 Å². The van der Waals surface area contributed by atoms with Crippen molar-refractivity contribution in [1.29, 1.82) is 0 Å². The van der Waals surface area contributed by atoms with Crippen LogP contribution in [0.25, 0.3) is 6.08 Å². The Hall–Kier alpha value is -0.180. The van der Waals surface area contributed by atoms with E-state index in [-0.39, 0.29) is 0 Å². The fourth-order valence-corrected chi connectivity index (χ4v) is 1.41. The first-order chi connectivity index (χ1) is 6.24. The van der Waals surface area contributed by atoms with Crippen LogP contribution in [-0.2, 0) is 0 Å². The van der Waals surface area contributed by atoms with Gasteiger partial charge in [-0.05, 0) is 24.3 Å². The molecule has 0 aliphatic heterocycles. The summed E-state index contributed by atoms with van der Waals surface area (Å²) in [6.07, 6.45) is 6.33. The van der Waals surface area contributed by atoms with E-state index in [1.54, 1.807) is 12.3 Å². The van der Waals surface area contributed by atoms with Crippen LogP contribution in [0.5, 0.6) is 0 Å². The van der Waals surface area contributed by atoms with Gasteiger partial charge in [0.2, 0.25) is 0 Å². The van der Waals surface area contributed by atoms with Crippen molar-refractivity contribution in [3.63, 3.8) is 0 Å². The summed E-state index contributed by atoms with van der Waals surface area (Å²) >= 11 is 15.7. The summed E-state index contributed by atoms with van der Waals surface area (Å²) in [6.45, 7) is 0. The predicted molar refractivity (Wildman–Crippen MR) is 61.8 cm³/mol. The fraction of sp³-hybridized carbons (Fsp3) is 0.222. The SMILES string of the molecule is SCCC=Cc1ncc(Cl)cc1Cl. The number of hydrogen-bond acceptors (Lipinski definition) is 2. The molecule has 0 N–H and O–H groups in total. The summed E-state index contributed by atoms with van der Waals surface area (Å²) in [7, 11) is 0. The molecule has 0 aliphatic carbocycles. The van der Waals surface area contributed by atoms with Crippen LogP contribution in [0.2, 0.25) is 10.0 Å². The maximum atomic E-state index is 5.89. The normalized spacial score (nSPS) is 11.0. The van der Waals surface area contributed by atoms with E-state index < -0.39 is 0 Å². The minimum atomic E-state index is 0.552. The molecule has 1 heterocycles. The molecule has 1 aromatic heterocycles. The Morgan fingerprint density at radius 2 is 2.23 bits per heavy atom. The Kier molecular flexibility index (Phi) is 4.64. The average molecular weight is 234 g/mol. The maximum absolute atomic E-state index is 5.89. The molecular formula is C9H9Cl2NS. The first-order valence-corrected chi connectivity index (χ1v) is 5.21. The summed E-state index contributed by atoms with van der Waals surface area (Å²) in [4.78, 5) is 4.07. The van der Waals surface area contributed by atoms with Gasteiger partial charge >= 0.3 is 0 Å². The Balaban J connectivity index is 2.77. The van der Waals surface area contributed by atoms with Crippen LogP contribution in [0, 0.1) is 0 Å². The summed E-state index contributed by atoms with van der Waals surface area (Å²) in [5.74, 6) is 0.821. The van der Waals surface area contributed by atoms with Gasteiger partial charge < -0.3 is 0 Å². The Morgan fingerprint density at radius 3 is 2.85 bits per heavy atom. The molecule has 0 aromatic carbocycles. The van der Waals surface area contributed by atoms with Crippen LogP contribution in [0.15, 0.2) is 18.3 Å². The Labute approximate surface area is 93.2 Å². The van der Waals surface area contributed by atoms with E-state index in [1.165, 1.54) is 0 Å². The van der Waals surface area contributed by atoms with Gasteiger partial charge in [0.1, 0.15) is 0 Å². The number of allylic oxidation sites excluding steroid dienone is 1. The van der Waals surface area contributed by atoms with Crippen molar-refractivity contribution in [2.24, 2.45) is 0 Å². The number of aromatic nitrogens is 1. The number of rotatable bonds is 3.